The first kappa shape index (κ1) is 9.22. The molecule has 0 aliphatic heterocycles. The Labute approximate surface area is 90.2 Å². The zero-order valence-corrected chi connectivity index (χ0v) is 9.23. The minimum absolute atomic E-state index is 0.217. The third-order valence-electron chi connectivity index (χ3n) is 2.14. The van der Waals surface area contributed by atoms with Gasteiger partial charge in [-0.1, -0.05) is 27.5 Å². The Morgan fingerprint density at radius 1 is 1.46 bits per heavy atom. The number of Topliss-reactive ketones (excluding diaryl/α,β-unsaturated/α-hetero) is 1. The molecule has 1 aromatic rings. The first-order chi connectivity index (χ1) is 6.18. The number of hydrogen-bond acceptors (Lipinski definition) is 1. The molecule has 3 heteroatoms. The molecule has 0 radical (unpaired) electrons. The highest BCUT2D eigenvalue weighted by Gasteiger charge is 2.31. The molecule has 0 amide bonds. The SMILES string of the molecule is O=C(c1cc(Cl)ccc1Br)C1CC1. The standard InChI is InChI=1S/C10H8BrClO/c11-9-4-3-7(12)5-8(9)10(13)6-1-2-6/h3-6H,1-2H2. The fraction of sp³-hybridized carbons (Fsp3) is 0.300. The Hall–Kier alpha value is -0.340. The molecule has 2 rings (SSSR count). The van der Waals surface area contributed by atoms with Crippen LogP contribution in [-0.2, 0) is 0 Å². The fourth-order valence-electron chi connectivity index (χ4n) is 1.25. The van der Waals surface area contributed by atoms with Gasteiger partial charge in [0, 0.05) is 21.0 Å². The summed E-state index contributed by atoms with van der Waals surface area (Å²) >= 11 is 9.16. The van der Waals surface area contributed by atoms with Crippen molar-refractivity contribution in [2.24, 2.45) is 5.92 Å². The molecule has 0 spiro atoms. The quantitative estimate of drug-likeness (QED) is 0.740. The predicted octanol–water partition coefficient (Wildman–Crippen LogP) is 3.70. The molecule has 1 aromatic carbocycles. The Morgan fingerprint density at radius 2 is 2.15 bits per heavy atom. The van der Waals surface area contributed by atoms with E-state index in [1.165, 1.54) is 0 Å². The van der Waals surface area contributed by atoms with Crippen LogP contribution in [0.3, 0.4) is 0 Å². The van der Waals surface area contributed by atoms with Gasteiger partial charge < -0.3 is 0 Å². The van der Waals surface area contributed by atoms with E-state index in [9.17, 15) is 4.79 Å². The minimum atomic E-state index is 0.217. The summed E-state index contributed by atoms with van der Waals surface area (Å²) in [4.78, 5) is 11.7. The number of carbonyl (C=O) groups is 1. The summed E-state index contributed by atoms with van der Waals surface area (Å²) in [7, 11) is 0. The van der Waals surface area contributed by atoms with Crippen molar-refractivity contribution in [1.82, 2.24) is 0 Å². The minimum Gasteiger partial charge on any atom is -0.294 e. The number of ketones is 1. The predicted molar refractivity (Wildman–Crippen MR) is 56.2 cm³/mol. The van der Waals surface area contributed by atoms with Crippen molar-refractivity contribution in [3.05, 3.63) is 33.3 Å². The Bertz CT molecular complexity index is 358. The van der Waals surface area contributed by atoms with Gasteiger partial charge in [0.2, 0.25) is 0 Å². The topological polar surface area (TPSA) is 17.1 Å². The number of carbonyl (C=O) groups excluding carboxylic acids is 1. The van der Waals surface area contributed by atoms with Gasteiger partial charge in [0.25, 0.3) is 0 Å². The van der Waals surface area contributed by atoms with Crippen LogP contribution in [0.1, 0.15) is 23.2 Å². The molecule has 1 fully saturated rings. The van der Waals surface area contributed by atoms with E-state index < -0.39 is 0 Å². The van der Waals surface area contributed by atoms with Gasteiger partial charge in [-0.15, -0.1) is 0 Å². The molecule has 0 unspecified atom stereocenters. The Morgan fingerprint density at radius 3 is 2.77 bits per heavy atom. The number of benzene rings is 1. The lowest BCUT2D eigenvalue weighted by molar-refractivity contribution is 0.0967. The van der Waals surface area contributed by atoms with Crippen LogP contribution < -0.4 is 0 Å². The van der Waals surface area contributed by atoms with Gasteiger partial charge in [0.05, 0.1) is 0 Å². The molecule has 0 heterocycles. The van der Waals surface area contributed by atoms with Crippen molar-refractivity contribution in [3.63, 3.8) is 0 Å². The van der Waals surface area contributed by atoms with Crippen LogP contribution in [0.5, 0.6) is 0 Å². The molecule has 0 saturated heterocycles. The highest BCUT2D eigenvalue weighted by molar-refractivity contribution is 9.10. The van der Waals surface area contributed by atoms with Crippen molar-refractivity contribution in [2.75, 3.05) is 0 Å². The van der Waals surface area contributed by atoms with Gasteiger partial charge >= 0.3 is 0 Å². The van der Waals surface area contributed by atoms with Gasteiger partial charge in [0.1, 0.15) is 0 Å². The smallest absolute Gasteiger partial charge is 0.167 e. The summed E-state index contributed by atoms with van der Waals surface area (Å²) < 4.78 is 0.841. The normalized spacial score (nSPS) is 15.8. The van der Waals surface area contributed by atoms with Crippen LogP contribution in [0.2, 0.25) is 5.02 Å². The van der Waals surface area contributed by atoms with E-state index in [0.717, 1.165) is 22.9 Å². The van der Waals surface area contributed by atoms with Gasteiger partial charge in [-0.25, -0.2) is 0 Å². The molecule has 0 N–H and O–H groups in total. The van der Waals surface area contributed by atoms with E-state index in [1.807, 2.05) is 6.07 Å². The van der Waals surface area contributed by atoms with E-state index in [0.29, 0.717) is 5.02 Å². The van der Waals surface area contributed by atoms with E-state index >= 15 is 0 Å². The maximum atomic E-state index is 11.7. The van der Waals surface area contributed by atoms with E-state index in [1.54, 1.807) is 12.1 Å². The summed E-state index contributed by atoms with van der Waals surface area (Å²) in [5, 5.41) is 0.618. The third-order valence-corrected chi connectivity index (χ3v) is 3.07. The van der Waals surface area contributed by atoms with E-state index in [-0.39, 0.29) is 11.7 Å². The first-order valence-corrected chi connectivity index (χ1v) is 5.35. The zero-order valence-electron chi connectivity index (χ0n) is 6.89. The molecule has 1 saturated carbocycles. The summed E-state index contributed by atoms with van der Waals surface area (Å²) in [6.45, 7) is 0. The second kappa shape index (κ2) is 3.43. The first-order valence-electron chi connectivity index (χ1n) is 4.18. The lowest BCUT2D eigenvalue weighted by Crippen LogP contribution is -2.01. The van der Waals surface area contributed by atoms with E-state index in [2.05, 4.69) is 15.9 Å². The van der Waals surface area contributed by atoms with Crippen LogP contribution in [0.15, 0.2) is 22.7 Å². The van der Waals surface area contributed by atoms with Crippen molar-refractivity contribution in [3.8, 4) is 0 Å². The van der Waals surface area contributed by atoms with Crippen molar-refractivity contribution in [2.45, 2.75) is 12.8 Å². The van der Waals surface area contributed by atoms with Gasteiger partial charge in [-0.05, 0) is 31.0 Å². The molecule has 0 bridgehead atoms. The largest absolute Gasteiger partial charge is 0.294 e. The summed E-state index contributed by atoms with van der Waals surface area (Å²) in [5.41, 5.74) is 0.718. The molecule has 1 nitrogen and oxygen atoms in total. The van der Waals surface area contributed by atoms with Crippen molar-refractivity contribution >= 4 is 33.3 Å². The van der Waals surface area contributed by atoms with Crippen LogP contribution in [0.25, 0.3) is 0 Å². The van der Waals surface area contributed by atoms with Crippen LogP contribution in [0, 0.1) is 5.92 Å². The molecule has 0 atom stereocenters. The van der Waals surface area contributed by atoms with Gasteiger partial charge in [-0.2, -0.15) is 0 Å². The van der Waals surface area contributed by atoms with Gasteiger partial charge in [-0.3, -0.25) is 4.79 Å². The third kappa shape index (κ3) is 1.94. The van der Waals surface area contributed by atoms with Crippen molar-refractivity contribution < 1.29 is 4.79 Å². The number of halogens is 2. The molecule has 1 aliphatic rings. The highest BCUT2D eigenvalue weighted by Crippen LogP contribution is 2.35. The monoisotopic (exact) mass is 258 g/mol. The Kier molecular flexibility index (Phi) is 2.43. The second-order valence-electron chi connectivity index (χ2n) is 3.26. The lowest BCUT2D eigenvalue weighted by Gasteiger charge is -2.02. The van der Waals surface area contributed by atoms with Crippen molar-refractivity contribution in [1.29, 1.82) is 0 Å². The molecule has 68 valence electrons. The molecule has 1 aliphatic carbocycles. The maximum Gasteiger partial charge on any atom is 0.167 e. The highest BCUT2D eigenvalue weighted by atomic mass is 79.9. The maximum absolute atomic E-state index is 11.7. The van der Waals surface area contributed by atoms with Gasteiger partial charge in [0.15, 0.2) is 5.78 Å². The molecular formula is C10H8BrClO. The lowest BCUT2D eigenvalue weighted by atomic mass is 10.1. The fourth-order valence-corrected chi connectivity index (χ4v) is 1.87. The number of hydrogen-bond donors (Lipinski definition) is 0. The Balaban J connectivity index is 2.37. The average Bonchev–Trinajstić information content (AvgIpc) is 2.91. The zero-order chi connectivity index (χ0) is 9.42. The van der Waals surface area contributed by atoms with Crippen LogP contribution in [0.4, 0.5) is 0 Å². The second-order valence-corrected chi connectivity index (χ2v) is 4.55. The molecule has 0 aromatic heterocycles. The van der Waals surface area contributed by atoms with Crippen LogP contribution in [-0.4, -0.2) is 5.78 Å². The molecule has 13 heavy (non-hydrogen) atoms. The molecular weight excluding hydrogens is 251 g/mol. The average molecular weight is 260 g/mol. The van der Waals surface area contributed by atoms with E-state index in [4.69, 9.17) is 11.6 Å². The summed E-state index contributed by atoms with van der Waals surface area (Å²) in [5.74, 6) is 0.462. The van der Waals surface area contributed by atoms with Crippen LogP contribution >= 0.6 is 27.5 Å². The summed E-state index contributed by atoms with van der Waals surface area (Å²) in [6, 6.07) is 5.32. The number of rotatable bonds is 2. The summed E-state index contributed by atoms with van der Waals surface area (Å²) in [6.07, 6.45) is 2.05.